The minimum atomic E-state index is -3.01. The zero-order valence-corrected chi connectivity index (χ0v) is 20.9. The van der Waals surface area contributed by atoms with Gasteiger partial charge in [0, 0.05) is 24.7 Å². The fourth-order valence-corrected chi connectivity index (χ4v) is 4.94. The fraction of sp³-hybridized carbons (Fsp3) is 0.360. The van der Waals surface area contributed by atoms with Crippen LogP contribution < -0.4 is 21.1 Å². The highest BCUT2D eigenvalue weighted by Crippen LogP contribution is 2.34. The largest absolute Gasteiger partial charge is 0.494 e. The molecule has 14 heteroatoms. The molecule has 4 aromatic rings. The quantitative estimate of drug-likeness (QED) is 0.298. The van der Waals surface area contributed by atoms with Crippen molar-refractivity contribution in [3.63, 3.8) is 0 Å². The van der Waals surface area contributed by atoms with Crippen molar-refractivity contribution in [1.29, 1.82) is 0 Å². The van der Waals surface area contributed by atoms with E-state index in [4.69, 9.17) is 16.2 Å². The van der Waals surface area contributed by atoms with Gasteiger partial charge in [0.05, 0.1) is 43.1 Å². The van der Waals surface area contributed by atoms with E-state index in [9.17, 15) is 22.7 Å². The number of imidazole rings is 1. The number of aromatic nitrogens is 5. The molecule has 2 atom stereocenters. The van der Waals surface area contributed by atoms with E-state index in [0.29, 0.717) is 35.4 Å². The third kappa shape index (κ3) is 4.92. The molecule has 0 spiro atoms. The van der Waals surface area contributed by atoms with Gasteiger partial charge >= 0.3 is 0 Å². The number of ether oxygens (including phenoxy) is 1. The van der Waals surface area contributed by atoms with Crippen LogP contribution in [-0.4, -0.2) is 67.9 Å². The van der Waals surface area contributed by atoms with E-state index in [0.717, 1.165) is 12.1 Å². The molecule has 1 aliphatic heterocycles. The molecular formula is C25H26F4N8O2. The second kappa shape index (κ2) is 10.3. The Morgan fingerprint density at radius 2 is 1.92 bits per heavy atom. The lowest BCUT2D eigenvalue weighted by molar-refractivity contribution is -0.0529. The van der Waals surface area contributed by atoms with Gasteiger partial charge in [0.15, 0.2) is 23.0 Å². The Bertz CT molecular complexity index is 1520. The number of nitrogen functional groups attached to an aromatic ring is 1. The Labute approximate surface area is 220 Å². The molecule has 1 aliphatic rings. The third-order valence-corrected chi connectivity index (χ3v) is 6.98. The number of hydrogen-bond acceptors (Lipinski definition) is 9. The van der Waals surface area contributed by atoms with Gasteiger partial charge in [-0.1, -0.05) is 0 Å². The first kappa shape index (κ1) is 26.6. The van der Waals surface area contributed by atoms with Gasteiger partial charge in [0.1, 0.15) is 23.8 Å². The van der Waals surface area contributed by atoms with Crippen molar-refractivity contribution >= 4 is 22.7 Å². The zero-order chi connectivity index (χ0) is 27.9. The average Bonchev–Trinajstić information content (AvgIpc) is 3.33. The first-order valence-corrected chi connectivity index (χ1v) is 12.0. The maximum atomic E-state index is 14.9. The molecule has 1 fully saturated rings. The van der Waals surface area contributed by atoms with Crippen LogP contribution in [0.3, 0.4) is 0 Å². The molecule has 39 heavy (non-hydrogen) atoms. The van der Waals surface area contributed by atoms with Crippen molar-refractivity contribution in [1.82, 2.24) is 24.5 Å². The molecule has 4 heterocycles. The SMILES string of the molecule is COc1cc(F)c(-c2cc(Cn3cnc4c(N)ncnc43)c(N3CCCC(N)([C@H](O)C(F)F)C3)cn2)cc1F. The Hall–Kier alpha value is -4.04. The summed E-state index contributed by atoms with van der Waals surface area (Å²) in [6, 6.07) is 3.50. The van der Waals surface area contributed by atoms with Crippen LogP contribution in [0.4, 0.5) is 29.1 Å². The Morgan fingerprint density at radius 3 is 2.67 bits per heavy atom. The topological polar surface area (TPSA) is 141 Å². The maximum absolute atomic E-state index is 14.9. The number of hydrogen-bond donors (Lipinski definition) is 3. The number of piperidine rings is 1. The molecule has 0 saturated carbocycles. The van der Waals surface area contributed by atoms with E-state index in [1.54, 1.807) is 15.5 Å². The standard InChI is InChI=1S/C25H26F4N8O2/c1-39-19-7-15(26)14(6-16(19)27)17-5-13(9-37-12-35-20-23(30)33-11-34-24(20)37)18(8-32-17)36-4-2-3-25(31,10-36)21(38)22(28)29/h5-8,11-12,21-22,38H,2-4,9-10,31H2,1H3,(H2,30,33,34)/t21-,25?/m1/s1. The molecule has 1 aromatic carbocycles. The zero-order valence-electron chi connectivity index (χ0n) is 20.9. The lowest BCUT2D eigenvalue weighted by atomic mass is 9.84. The van der Waals surface area contributed by atoms with E-state index in [1.165, 1.54) is 26.0 Å². The maximum Gasteiger partial charge on any atom is 0.265 e. The van der Waals surface area contributed by atoms with E-state index >= 15 is 0 Å². The monoisotopic (exact) mass is 546 g/mol. The summed E-state index contributed by atoms with van der Waals surface area (Å²) in [4.78, 5) is 18.6. The summed E-state index contributed by atoms with van der Waals surface area (Å²) >= 11 is 0. The van der Waals surface area contributed by atoms with Gasteiger partial charge < -0.3 is 30.8 Å². The van der Waals surface area contributed by atoms with Gasteiger partial charge in [-0.05, 0) is 30.5 Å². The van der Waals surface area contributed by atoms with Gasteiger partial charge in [-0.25, -0.2) is 32.5 Å². The average molecular weight is 547 g/mol. The number of alkyl halides is 2. The van der Waals surface area contributed by atoms with Gasteiger partial charge in [0.2, 0.25) is 0 Å². The van der Waals surface area contributed by atoms with E-state index in [-0.39, 0.29) is 42.3 Å². The van der Waals surface area contributed by atoms with Crippen LogP contribution in [0.5, 0.6) is 5.75 Å². The van der Waals surface area contributed by atoms with Crippen molar-refractivity contribution < 1.29 is 27.4 Å². The molecule has 5 N–H and O–H groups in total. The van der Waals surface area contributed by atoms with Crippen LogP contribution >= 0.6 is 0 Å². The molecule has 0 radical (unpaired) electrons. The van der Waals surface area contributed by atoms with Gasteiger partial charge in [-0.2, -0.15) is 0 Å². The highest BCUT2D eigenvalue weighted by Gasteiger charge is 2.43. The Kier molecular flexibility index (Phi) is 6.99. The van der Waals surface area contributed by atoms with Gasteiger partial charge in [0.25, 0.3) is 6.43 Å². The highest BCUT2D eigenvalue weighted by molar-refractivity contribution is 5.81. The van der Waals surface area contributed by atoms with Gasteiger partial charge in [-0.15, -0.1) is 0 Å². The summed E-state index contributed by atoms with van der Waals surface area (Å²) in [5, 5.41) is 10.1. The number of anilines is 2. The minimum absolute atomic E-state index is 0.0716. The number of aliphatic hydroxyl groups excluding tert-OH is 1. The summed E-state index contributed by atoms with van der Waals surface area (Å²) in [6.07, 6.45) is -0.128. The number of halogens is 4. The third-order valence-electron chi connectivity index (χ3n) is 6.98. The van der Waals surface area contributed by atoms with E-state index in [2.05, 4.69) is 19.9 Å². The second-order valence-corrected chi connectivity index (χ2v) is 9.51. The summed E-state index contributed by atoms with van der Waals surface area (Å²) in [6.45, 7) is 0.523. The smallest absolute Gasteiger partial charge is 0.265 e. The molecule has 1 saturated heterocycles. The Morgan fingerprint density at radius 1 is 1.13 bits per heavy atom. The van der Waals surface area contributed by atoms with Gasteiger partial charge in [-0.3, -0.25) is 4.98 Å². The molecule has 5 rings (SSSR count). The summed E-state index contributed by atoms with van der Waals surface area (Å²) in [5.74, 6) is -1.57. The number of fused-ring (bicyclic) bond motifs is 1. The predicted octanol–water partition coefficient (Wildman–Crippen LogP) is 2.73. The highest BCUT2D eigenvalue weighted by atomic mass is 19.3. The molecule has 10 nitrogen and oxygen atoms in total. The lowest BCUT2D eigenvalue weighted by Gasteiger charge is -2.44. The van der Waals surface area contributed by atoms with Crippen LogP contribution in [0.2, 0.25) is 0 Å². The van der Waals surface area contributed by atoms with Crippen molar-refractivity contribution in [2.45, 2.75) is 37.5 Å². The number of aliphatic hydroxyl groups is 1. The van der Waals surface area contributed by atoms with Crippen LogP contribution in [0.25, 0.3) is 22.4 Å². The second-order valence-electron chi connectivity index (χ2n) is 9.51. The molecule has 1 unspecified atom stereocenters. The fourth-order valence-electron chi connectivity index (χ4n) is 4.94. The molecule has 206 valence electrons. The molecule has 0 aliphatic carbocycles. The summed E-state index contributed by atoms with van der Waals surface area (Å²) in [5.41, 5.74) is 12.6. The number of methoxy groups -OCH3 is 1. The van der Waals surface area contributed by atoms with Crippen LogP contribution in [0.15, 0.2) is 37.1 Å². The number of nitrogens with zero attached hydrogens (tertiary/aromatic N) is 6. The minimum Gasteiger partial charge on any atom is -0.494 e. The molecule has 0 bridgehead atoms. The van der Waals surface area contributed by atoms with Crippen LogP contribution in [-0.2, 0) is 6.54 Å². The Balaban J connectivity index is 1.60. The molecule has 0 amide bonds. The number of benzene rings is 1. The normalized spacial score (nSPS) is 18.6. The summed E-state index contributed by atoms with van der Waals surface area (Å²) in [7, 11) is 1.23. The number of rotatable bonds is 7. The van der Waals surface area contributed by atoms with E-state index in [1.807, 2.05) is 0 Å². The molecular weight excluding hydrogens is 520 g/mol. The van der Waals surface area contributed by atoms with Crippen molar-refractivity contribution in [3.05, 3.63) is 54.2 Å². The lowest BCUT2D eigenvalue weighted by Crippen LogP contribution is -2.63. The number of nitrogens with two attached hydrogens (primary N) is 2. The predicted molar refractivity (Wildman–Crippen MR) is 135 cm³/mol. The van der Waals surface area contributed by atoms with Crippen molar-refractivity contribution in [3.8, 4) is 17.0 Å². The molecule has 3 aromatic heterocycles. The van der Waals surface area contributed by atoms with Crippen molar-refractivity contribution in [2.75, 3.05) is 30.8 Å². The summed E-state index contributed by atoms with van der Waals surface area (Å²) < 4.78 is 62.7. The van der Waals surface area contributed by atoms with Crippen molar-refractivity contribution in [2.24, 2.45) is 5.73 Å². The van der Waals surface area contributed by atoms with Crippen LogP contribution in [0, 0.1) is 11.6 Å². The first-order valence-electron chi connectivity index (χ1n) is 12.0. The van der Waals surface area contributed by atoms with E-state index < -0.39 is 29.7 Å². The van der Waals surface area contributed by atoms with Crippen LogP contribution in [0.1, 0.15) is 18.4 Å². The number of pyridine rings is 1. The first-order chi connectivity index (χ1) is 18.6.